The molecule has 1 aromatic carbocycles. The zero-order chi connectivity index (χ0) is 27.1. The van der Waals surface area contributed by atoms with Crippen LogP contribution in [0.4, 0.5) is 17.6 Å². The molecule has 4 heterocycles. The molecule has 1 aliphatic rings. The molecule has 1 amide bonds. The fourth-order valence-electron chi connectivity index (χ4n) is 4.36. The van der Waals surface area contributed by atoms with Crippen molar-refractivity contribution >= 4 is 22.5 Å². The van der Waals surface area contributed by atoms with Gasteiger partial charge < -0.3 is 14.7 Å². The molecule has 1 fully saturated rings. The average Bonchev–Trinajstić information content (AvgIpc) is 3.41. The number of fused-ring (bicyclic) bond motifs is 2. The van der Waals surface area contributed by atoms with E-state index in [0.29, 0.717) is 5.52 Å². The third-order valence-electron chi connectivity index (χ3n) is 6.10. The number of likely N-dealkylation sites (tertiary alicyclic amines) is 1. The Balaban J connectivity index is 1.59. The molecule has 0 radical (unpaired) electrons. The molecule has 2 atom stereocenters. The summed E-state index contributed by atoms with van der Waals surface area (Å²) in [6, 6.07) is 3.55. The molecule has 0 spiro atoms. The van der Waals surface area contributed by atoms with Crippen LogP contribution < -0.4 is 10.4 Å². The number of alkyl halides is 3. The number of aliphatic hydroxyl groups excluding tert-OH is 1. The number of hydrogen-bond acceptors (Lipinski definition) is 7. The molecule has 1 saturated heterocycles. The summed E-state index contributed by atoms with van der Waals surface area (Å²) in [6.07, 6.45) is -4.65. The lowest BCUT2D eigenvalue weighted by atomic mass is 10.0. The van der Waals surface area contributed by atoms with E-state index in [-0.39, 0.29) is 53.2 Å². The van der Waals surface area contributed by atoms with Gasteiger partial charge in [-0.3, -0.25) is 14.4 Å². The van der Waals surface area contributed by atoms with E-state index in [0.717, 1.165) is 9.20 Å². The highest BCUT2D eigenvalue weighted by Gasteiger charge is 2.31. The van der Waals surface area contributed by atoms with Gasteiger partial charge in [-0.1, -0.05) is 11.3 Å². The first-order valence-corrected chi connectivity index (χ1v) is 11.2. The smallest absolute Gasteiger partial charge is 0.258 e. The van der Waals surface area contributed by atoms with E-state index in [1.54, 1.807) is 0 Å². The third-order valence-corrected chi connectivity index (χ3v) is 6.10. The lowest BCUT2D eigenvalue weighted by Gasteiger charge is -2.32. The number of benzene rings is 1. The van der Waals surface area contributed by atoms with Crippen molar-refractivity contribution < 1.29 is 33.6 Å². The van der Waals surface area contributed by atoms with Crippen LogP contribution in [0, 0.1) is 5.82 Å². The van der Waals surface area contributed by atoms with Gasteiger partial charge in [-0.15, -0.1) is 5.10 Å². The highest BCUT2D eigenvalue weighted by Crippen LogP contribution is 2.34. The third kappa shape index (κ3) is 4.61. The molecule has 5 rings (SSSR count). The van der Waals surface area contributed by atoms with Crippen molar-refractivity contribution in [3.8, 4) is 17.0 Å². The number of H-pyrrole nitrogens is 1. The number of methoxy groups -OCH3 is 1. The molecule has 2 N–H and O–H groups in total. The van der Waals surface area contributed by atoms with Gasteiger partial charge in [0.2, 0.25) is 17.4 Å². The number of carbonyl (C=O) groups excluding carboxylic acids is 1. The number of aliphatic hydroxyl groups is 1. The summed E-state index contributed by atoms with van der Waals surface area (Å²) in [7, 11) is 1.28. The van der Waals surface area contributed by atoms with Gasteiger partial charge in [-0.05, 0) is 24.1 Å². The summed E-state index contributed by atoms with van der Waals surface area (Å²) in [6.45, 7) is -1.49. The minimum absolute atomic E-state index is 0.0429. The van der Waals surface area contributed by atoms with Gasteiger partial charge >= 0.3 is 0 Å². The Kier molecular flexibility index (Phi) is 6.20. The summed E-state index contributed by atoms with van der Waals surface area (Å²) in [5.74, 6) is -1.64. The Morgan fingerprint density at radius 3 is 2.95 bits per heavy atom. The minimum Gasteiger partial charge on any atom is -0.479 e. The predicted molar refractivity (Wildman–Crippen MR) is 121 cm³/mol. The largest absolute Gasteiger partial charge is 0.479 e. The van der Waals surface area contributed by atoms with E-state index in [2.05, 4.69) is 25.4 Å². The molecule has 4 aromatic rings. The van der Waals surface area contributed by atoms with Crippen molar-refractivity contribution in [3.05, 3.63) is 35.8 Å². The number of nitrogens with one attached hydrogen (secondary N) is 1. The van der Waals surface area contributed by atoms with E-state index in [1.165, 1.54) is 30.2 Å². The zero-order valence-corrected chi connectivity index (χ0v) is 19.4. The van der Waals surface area contributed by atoms with E-state index in [9.17, 15) is 18.0 Å². The number of halogens is 4. The molecule has 3 aromatic heterocycles. The van der Waals surface area contributed by atoms with Gasteiger partial charge in [0.15, 0.2) is 5.82 Å². The van der Waals surface area contributed by atoms with Crippen molar-refractivity contribution in [2.45, 2.75) is 31.6 Å². The fourth-order valence-corrected chi connectivity index (χ4v) is 4.36. The lowest BCUT2D eigenvalue weighted by molar-refractivity contribution is -0.136. The molecule has 196 valence electrons. The average molecular weight is 523 g/mol. The molecule has 0 aliphatic carbocycles. The molecule has 0 saturated carbocycles. The summed E-state index contributed by atoms with van der Waals surface area (Å²) >= 11 is 0. The number of aromatic nitrogens is 6. The predicted octanol–water partition coefficient (Wildman–Crippen LogP) is 1.32. The van der Waals surface area contributed by atoms with Gasteiger partial charge in [-0.25, -0.2) is 27.2 Å². The van der Waals surface area contributed by atoms with E-state index in [1.807, 2.05) is 0 Å². The SMILES string of the molecule is [2H]c1c(F)c(-c2ccc3nnn(CC(F)F)c3c2)c2c(OC)nc(=N[C@H]3CCN(C(=O)CO)C[C@H]3F)[nH]n12. The van der Waals surface area contributed by atoms with Gasteiger partial charge in [0.05, 0.1) is 38.3 Å². The molecular formula is C22H22F4N8O3. The molecular weight excluding hydrogens is 500 g/mol. The Morgan fingerprint density at radius 1 is 1.43 bits per heavy atom. The van der Waals surface area contributed by atoms with Crippen LogP contribution in [-0.2, 0) is 11.3 Å². The van der Waals surface area contributed by atoms with Crippen molar-refractivity contribution in [2.75, 3.05) is 26.8 Å². The second-order valence-corrected chi connectivity index (χ2v) is 8.41. The monoisotopic (exact) mass is 523 g/mol. The highest BCUT2D eigenvalue weighted by molar-refractivity contribution is 5.89. The van der Waals surface area contributed by atoms with Crippen LogP contribution in [0.3, 0.4) is 0 Å². The zero-order valence-electron chi connectivity index (χ0n) is 20.4. The number of amides is 1. The molecule has 15 heteroatoms. The topological polar surface area (TPSA) is 126 Å². The molecule has 0 unspecified atom stereocenters. The first-order valence-electron chi connectivity index (χ1n) is 11.7. The highest BCUT2D eigenvalue weighted by atomic mass is 19.3. The van der Waals surface area contributed by atoms with Crippen LogP contribution in [0.25, 0.3) is 27.7 Å². The van der Waals surface area contributed by atoms with E-state index in [4.69, 9.17) is 11.2 Å². The molecule has 0 bridgehead atoms. The number of rotatable bonds is 6. The standard InChI is InChI=1S/C22H22F4N8O3/c1-37-21-20-19(11-2-3-15-16(6-11)33(31-29-15)9-17(25)26)13(24)8-34(20)30-22(28-21)27-14-4-5-32(7-12(14)23)18(36)10-35/h2-3,6,8,12,14,17,35H,4-5,7,9-10H2,1H3,(H,27,30)/t12-,14+/m1/s1/i8D. The Morgan fingerprint density at radius 2 is 2.24 bits per heavy atom. The number of carbonyl (C=O) groups is 1. The second kappa shape index (κ2) is 9.80. The van der Waals surface area contributed by atoms with Gasteiger partial charge in [0.25, 0.3) is 6.43 Å². The summed E-state index contributed by atoms with van der Waals surface area (Å²) in [5, 5.41) is 19.3. The Labute approximate surface area is 207 Å². The van der Waals surface area contributed by atoms with Crippen molar-refractivity contribution in [2.24, 2.45) is 4.99 Å². The van der Waals surface area contributed by atoms with Crippen LogP contribution >= 0.6 is 0 Å². The maximum absolute atomic E-state index is 15.4. The second-order valence-electron chi connectivity index (χ2n) is 8.41. The summed E-state index contributed by atoms with van der Waals surface area (Å²) in [5.41, 5.74) is 0.653. The number of piperidine rings is 1. The van der Waals surface area contributed by atoms with Gasteiger partial charge in [-0.2, -0.15) is 4.98 Å². The number of nitrogens with zero attached hydrogens (tertiary/aromatic N) is 7. The maximum atomic E-state index is 15.4. The normalized spacial score (nSPS) is 19.3. The number of aromatic amines is 1. The Hall–Kier alpha value is -4.01. The van der Waals surface area contributed by atoms with Crippen LogP contribution in [-0.4, -0.2) is 91.0 Å². The summed E-state index contributed by atoms with van der Waals surface area (Å²) in [4.78, 5) is 21.4. The van der Waals surface area contributed by atoms with Crippen LogP contribution in [0.1, 0.15) is 7.79 Å². The van der Waals surface area contributed by atoms with Crippen LogP contribution in [0.2, 0.25) is 0 Å². The van der Waals surface area contributed by atoms with Crippen molar-refractivity contribution in [3.63, 3.8) is 0 Å². The number of ether oxygens (including phenoxy) is 1. The molecule has 11 nitrogen and oxygen atoms in total. The van der Waals surface area contributed by atoms with Crippen LogP contribution in [0.15, 0.2) is 29.4 Å². The number of hydrogen-bond donors (Lipinski definition) is 2. The molecule has 37 heavy (non-hydrogen) atoms. The van der Waals surface area contributed by atoms with Gasteiger partial charge in [0, 0.05) is 6.54 Å². The van der Waals surface area contributed by atoms with E-state index < -0.39 is 49.7 Å². The maximum Gasteiger partial charge on any atom is 0.258 e. The van der Waals surface area contributed by atoms with Crippen LogP contribution in [0.5, 0.6) is 5.88 Å². The van der Waals surface area contributed by atoms with Crippen molar-refractivity contribution in [1.82, 2.24) is 34.5 Å². The first kappa shape index (κ1) is 23.4. The quantitative estimate of drug-likeness (QED) is 0.367. The first-order chi connectivity index (χ1) is 18.2. The minimum atomic E-state index is -2.68. The lowest BCUT2D eigenvalue weighted by Crippen LogP contribution is -2.48. The Bertz CT molecular complexity index is 1590. The molecule has 1 aliphatic heterocycles. The van der Waals surface area contributed by atoms with Crippen molar-refractivity contribution in [1.29, 1.82) is 0 Å². The fraction of sp³-hybridized carbons (Fsp3) is 0.409. The summed E-state index contributed by atoms with van der Waals surface area (Å²) < 4.78 is 71.8. The van der Waals surface area contributed by atoms with Gasteiger partial charge in [0.1, 0.15) is 30.4 Å². The van der Waals surface area contributed by atoms with E-state index >= 15 is 4.39 Å².